The molecule has 2 rings (SSSR count). The Morgan fingerprint density at radius 3 is 2.19 bits per heavy atom. The van der Waals surface area contributed by atoms with Gasteiger partial charge in [0.1, 0.15) is 5.75 Å². The zero-order valence-electron chi connectivity index (χ0n) is 14.0. The summed E-state index contributed by atoms with van der Waals surface area (Å²) in [4.78, 5) is 10.8. The molecular formula is C17H16F3NO5S. The first-order valence-electron chi connectivity index (χ1n) is 7.19. The minimum Gasteiger partial charge on any atom is -0.496 e. The van der Waals surface area contributed by atoms with Crippen molar-refractivity contribution in [2.75, 3.05) is 7.11 Å². The van der Waals surface area contributed by atoms with Gasteiger partial charge in [-0.2, -0.15) is 21.6 Å². The van der Waals surface area contributed by atoms with Gasteiger partial charge in [-0.1, -0.05) is 30.3 Å². The van der Waals surface area contributed by atoms with Crippen LogP contribution in [0.15, 0.2) is 53.9 Å². The van der Waals surface area contributed by atoms with E-state index >= 15 is 0 Å². The molecule has 0 fully saturated rings. The molecule has 3 N–H and O–H groups in total. The van der Waals surface area contributed by atoms with Gasteiger partial charge in [-0.15, -0.1) is 0 Å². The van der Waals surface area contributed by atoms with Gasteiger partial charge in [-0.3, -0.25) is 9.35 Å². The van der Waals surface area contributed by atoms with E-state index in [0.717, 1.165) is 29.2 Å². The second-order valence-electron chi connectivity index (χ2n) is 5.01. The number of hydrogen-bond acceptors (Lipinski definition) is 4. The van der Waals surface area contributed by atoms with Crippen molar-refractivity contribution < 1.29 is 35.7 Å². The maximum atomic E-state index is 12.3. The summed E-state index contributed by atoms with van der Waals surface area (Å²) in [5.41, 5.74) is 4.72. The Morgan fingerprint density at radius 2 is 1.74 bits per heavy atom. The molecule has 0 spiro atoms. The highest BCUT2D eigenvalue weighted by molar-refractivity contribution is 7.88. The lowest BCUT2D eigenvalue weighted by atomic mass is 10.1. The summed E-state index contributed by atoms with van der Waals surface area (Å²) in [6.07, 6.45) is -3.14. The zero-order chi connectivity index (χ0) is 20.7. The summed E-state index contributed by atoms with van der Waals surface area (Å²) >= 11 is 0. The third kappa shape index (κ3) is 7.92. The highest BCUT2D eigenvalue weighted by Gasteiger charge is 2.31. The molecule has 0 aliphatic rings. The van der Waals surface area contributed by atoms with Crippen molar-refractivity contribution in [1.29, 1.82) is 0 Å². The molecule has 2 aromatic carbocycles. The molecule has 10 heteroatoms. The number of hydrogen-bond donors (Lipinski definition) is 2. The Balaban J connectivity index is 0.000000277. The van der Waals surface area contributed by atoms with E-state index < -0.39 is 27.8 Å². The number of carbonyl (C=O) groups excluding carboxylic acids is 1. The van der Waals surface area contributed by atoms with Gasteiger partial charge >= 0.3 is 6.18 Å². The quantitative estimate of drug-likeness (QED) is 0.762. The first-order chi connectivity index (χ1) is 12.4. The Kier molecular flexibility index (Phi) is 7.56. The van der Waals surface area contributed by atoms with Crippen LogP contribution >= 0.6 is 0 Å². The summed E-state index contributed by atoms with van der Waals surface area (Å²) in [7, 11) is -2.83. The molecule has 0 aromatic heterocycles. The van der Waals surface area contributed by atoms with Gasteiger partial charge in [0.15, 0.2) is 0 Å². The van der Waals surface area contributed by atoms with E-state index in [4.69, 9.17) is 10.3 Å². The molecule has 0 aliphatic heterocycles. The maximum Gasteiger partial charge on any atom is 0.416 e. The van der Waals surface area contributed by atoms with Crippen molar-refractivity contribution >= 4 is 22.1 Å². The van der Waals surface area contributed by atoms with Gasteiger partial charge in [0, 0.05) is 0 Å². The first kappa shape index (κ1) is 22.2. The average Bonchev–Trinajstić information content (AvgIpc) is 2.59. The average molecular weight is 403 g/mol. The van der Waals surface area contributed by atoms with Crippen LogP contribution in [0.1, 0.15) is 21.5 Å². The summed E-state index contributed by atoms with van der Waals surface area (Å²) in [6.45, 7) is 0. The Labute approximate surface area is 153 Å². The molecule has 0 aliphatic carbocycles. The van der Waals surface area contributed by atoms with Crippen molar-refractivity contribution in [3.05, 3.63) is 70.6 Å². The van der Waals surface area contributed by atoms with Crippen LogP contribution in [-0.2, 0) is 16.3 Å². The molecule has 0 atom stereocenters. The lowest BCUT2D eigenvalue weighted by Gasteiger charge is -2.10. The number of ether oxygens (including phenoxy) is 1. The van der Waals surface area contributed by atoms with Gasteiger partial charge < -0.3 is 10.5 Å². The van der Waals surface area contributed by atoms with Crippen LogP contribution in [-0.4, -0.2) is 26.0 Å². The van der Waals surface area contributed by atoms with Crippen molar-refractivity contribution in [1.82, 2.24) is 0 Å². The fourth-order valence-corrected chi connectivity index (χ4v) is 2.13. The second kappa shape index (κ2) is 9.19. The van der Waals surface area contributed by atoms with Gasteiger partial charge in [-0.25, -0.2) is 0 Å². The number of benzene rings is 2. The highest BCUT2D eigenvalue weighted by Crippen LogP contribution is 2.32. The van der Waals surface area contributed by atoms with E-state index in [1.54, 1.807) is 24.3 Å². The third-order valence-corrected chi connectivity index (χ3v) is 3.51. The monoisotopic (exact) mass is 403 g/mol. The van der Waals surface area contributed by atoms with Crippen LogP contribution in [0.3, 0.4) is 0 Å². The molecule has 6 nitrogen and oxygen atoms in total. The van der Waals surface area contributed by atoms with Crippen LogP contribution in [0.25, 0.3) is 6.08 Å². The van der Waals surface area contributed by atoms with Crippen molar-refractivity contribution in [2.45, 2.75) is 6.18 Å². The minimum atomic E-state index is -4.47. The predicted octanol–water partition coefficient (Wildman–Crippen LogP) is 3.36. The summed E-state index contributed by atoms with van der Waals surface area (Å²) < 4.78 is 70.3. The normalized spacial score (nSPS) is 11.6. The van der Waals surface area contributed by atoms with Gasteiger partial charge in [0.25, 0.3) is 16.0 Å². The van der Waals surface area contributed by atoms with E-state index in [1.165, 1.54) is 13.2 Å². The first-order valence-corrected chi connectivity index (χ1v) is 8.70. The van der Waals surface area contributed by atoms with E-state index in [-0.39, 0.29) is 11.3 Å². The molecular weight excluding hydrogens is 387 g/mol. The summed E-state index contributed by atoms with van der Waals surface area (Å²) in [5, 5.41) is 0.752. The molecule has 0 radical (unpaired) electrons. The van der Waals surface area contributed by atoms with E-state index in [9.17, 15) is 26.4 Å². The molecule has 0 saturated heterocycles. The van der Waals surface area contributed by atoms with Crippen LogP contribution in [0, 0.1) is 0 Å². The van der Waals surface area contributed by atoms with Gasteiger partial charge in [-0.05, 0) is 29.8 Å². The van der Waals surface area contributed by atoms with Crippen LogP contribution < -0.4 is 10.5 Å². The number of primary amides is 1. The van der Waals surface area contributed by atoms with Gasteiger partial charge in [0.05, 0.1) is 23.6 Å². The van der Waals surface area contributed by atoms with Crippen molar-refractivity contribution in [3.63, 3.8) is 0 Å². The molecule has 0 saturated carbocycles. The Hall–Kier alpha value is -2.85. The number of rotatable bonds is 4. The molecule has 27 heavy (non-hydrogen) atoms. The highest BCUT2D eigenvalue weighted by atomic mass is 32.2. The molecule has 146 valence electrons. The standard InChI is InChI=1S/C9H8F3NO2.C8H8O3S/c1-15-7-4-5(9(10,11)12)2-3-6(7)8(13)14;9-12(10,11)7-6-8-4-2-1-3-5-8/h2-4H,1H3,(H2,13,14);1-7H,(H,9,10,11)/b;7-6+. The fraction of sp³-hybridized carbons (Fsp3) is 0.118. The summed E-state index contributed by atoms with van der Waals surface area (Å²) in [6, 6.07) is 11.4. The van der Waals surface area contributed by atoms with Crippen LogP contribution in [0.4, 0.5) is 13.2 Å². The fourth-order valence-electron chi connectivity index (χ4n) is 1.80. The number of alkyl halides is 3. The molecule has 0 unspecified atom stereocenters. The second-order valence-corrected chi connectivity index (χ2v) is 6.31. The zero-order valence-corrected chi connectivity index (χ0v) is 14.8. The van der Waals surface area contributed by atoms with Crippen molar-refractivity contribution in [3.8, 4) is 5.75 Å². The molecule has 2 aromatic rings. The van der Waals surface area contributed by atoms with E-state index in [1.807, 2.05) is 6.07 Å². The maximum absolute atomic E-state index is 12.3. The molecule has 1 amide bonds. The van der Waals surface area contributed by atoms with Gasteiger partial charge in [0.2, 0.25) is 0 Å². The Morgan fingerprint density at radius 1 is 1.15 bits per heavy atom. The van der Waals surface area contributed by atoms with E-state index in [2.05, 4.69) is 4.74 Å². The number of nitrogens with two attached hydrogens (primary N) is 1. The minimum absolute atomic E-state index is 0.0782. The largest absolute Gasteiger partial charge is 0.496 e. The van der Waals surface area contributed by atoms with Crippen LogP contribution in [0.2, 0.25) is 0 Å². The van der Waals surface area contributed by atoms with Crippen LogP contribution in [0.5, 0.6) is 5.75 Å². The summed E-state index contributed by atoms with van der Waals surface area (Å²) in [5.74, 6) is -1.02. The predicted molar refractivity (Wildman–Crippen MR) is 93.5 cm³/mol. The lowest BCUT2D eigenvalue weighted by molar-refractivity contribution is -0.137. The SMILES string of the molecule is COc1cc(C(F)(F)F)ccc1C(N)=O.O=S(=O)(O)/C=C/c1ccccc1. The Bertz CT molecular complexity index is 910. The molecule has 0 heterocycles. The smallest absolute Gasteiger partial charge is 0.416 e. The lowest BCUT2D eigenvalue weighted by Crippen LogP contribution is -2.14. The number of amides is 1. The van der Waals surface area contributed by atoms with E-state index in [0.29, 0.717) is 0 Å². The third-order valence-electron chi connectivity index (χ3n) is 3.03. The number of halogens is 3. The van der Waals surface area contributed by atoms with Crippen molar-refractivity contribution in [2.24, 2.45) is 5.73 Å². The number of carbonyl (C=O) groups is 1. The molecule has 0 bridgehead atoms. The number of methoxy groups -OCH3 is 1. The topological polar surface area (TPSA) is 107 Å².